The Hall–Kier alpha value is -4.67. The van der Waals surface area contributed by atoms with Gasteiger partial charge in [0, 0.05) is 36.2 Å². The fourth-order valence-corrected chi connectivity index (χ4v) is 4.93. The number of nitrogens with two attached hydrogens (primary N) is 1. The predicted molar refractivity (Wildman–Crippen MR) is 141 cm³/mol. The third kappa shape index (κ3) is 4.07. The van der Waals surface area contributed by atoms with Crippen LogP contribution in [0.25, 0.3) is 33.1 Å². The molecule has 0 aliphatic carbocycles. The number of H-pyrrole nitrogens is 1. The Kier molecular flexibility index (Phi) is 5.21. The van der Waals surface area contributed by atoms with Crippen LogP contribution >= 0.6 is 0 Å². The van der Waals surface area contributed by atoms with E-state index < -0.39 is 5.76 Å². The second-order valence-corrected chi connectivity index (χ2v) is 9.65. The van der Waals surface area contributed by atoms with Crippen molar-refractivity contribution in [2.24, 2.45) is 0 Å². The Bertz CT molecular complexity index is 1750. The highest BCUT2D eigenvalue weighted by Gasteiger charge is 2.24. The van der Waals surface area contributed by atoms with Crippen molar-refractivity contribution in [1.29, 1.82) is 0 Å². The third-order valence-corrected chi connectivity index (χ3v) is 6.75. The van der Waals surface area contributed by atoms with Gasteiger partial charge in [0.05, 0.1) is 11.2 Å². The quantitative estimate of drug-likeness (QED) is 0.320. The maximum absolute atomic E-state index is 12.6. The van der Waals surface area contributed by atoms with Gasteiger partial charge in [-0.15, -0.1) is 10.2 Å². The molecule has 0 atom stereocenters. The third-order valence-electron chi connectivity index (χ3n) is 6.75. The lowest BCUT2D eigenvalue weighted by Crippen LogP contribution is -2.38. The van der Waals surface area contributed by atoms with Crippen LogP contribution in [0.5, 0.6) is 0 Å². The highest BCUT2D eigenvalue weighted by molar-refractivity contribution is 5.96. The molecule has 2 aromatic carbocycles. The molecule has 0 bridgehead atoms. The van der Waals surface area contributed by atoms with Crippen LogP contribution in [0.3, 0.4) is 0 Å². The Morgan fingerprint density at radius 3 is 2.73 bits per heavy atom. The first-order valence-electron chi connectivity index (χ1n) is 12.1. The molecule has 0 saturated carbocycles. The van der Waals surface area contributed by atoms with E-state index in [4.69, 9.17) is 10.2 Å². The summed E-state index contributed by atoms with van der Waals surface area (Å²) in [7, 11) is 0. The van der Waals surface area contributed by atoms with Gasteiger partial charge in [0.1, 0.15) is 12.1 Å². The molecule has 0 radical (unpaired) electrons. The zero-order valence-electron chi connectivity index (χ0n) is 20.7. The molecule has 6 rings (SSSR count). The topological polar surface area (TPSA) is 148 Å². The molecule has 3 aromatic heterocycles. The highest BCUT2D eigenvalue weighted by atomic mass is 16.4. The Balaban J connectivity index is 1.32. The van der Waals surface area contributed by atoms with Crippen molar-refractivity contribution in [3.05, 3.63) is 58.2 Å². The van der Waals surface area contributed by atoms with E-state index in [2.05, 4.69) is 25.6 Å². The first kappa shape index (κ1) is 22.8. The van der Waals surface area contributed by atoms with Crippen molar-refractivity contribution in [3.8, 4) is 11.1 Å². The second-order valence-electron chi connectivity index (χ2n) is 9.65. The number of aromatic nitrogens is 5. The molecule has 1 aliphatic heterocycles. The SMILES string of the molecule is Cc1cc2[nH]c(=O)oc2cc1-c1cc(N)c2nnc(Nc3cc4n(n3)CC(=O)N(C(C)C)CC4)cc2c1. The average Bonchev–Trinajstić information content (AvgIpc) is 3.34. The number of oxazole rings is 1. The van der Waals surface area contributed by atoms with Crippen LogP contribution in [0.1, 0.15) is 25.1 Å². The van der Waals surface area contributed by atoms with Gasteiger partial charge in [-0.3, -0.25) is 14.5 Å². The van der Waals surface area contributed by atoms with Crippen LogP contribution in [0.4, 0.5) is 17.3 Å². The summed E-state index contributed by atoms with van der Waals surface area (Å²) in [5, 5.41) is 17.2. The maximum Gasteiger partial charge on any atom is 0.417 e. The molecule has 1 aliphatic rings. The van der Waals surface area contributed by atoms with E-state index in [9.17, 15) is 9.59 Å². The van der Waals surface area contributed by atoms with Gasteiger partial charge in [-0.2, -0.15) is 5.10 Å². The second kappa shape index (κ2) is 8.47. The first-order valence-corrected chi connectivity index (χ1v) is 12.1. The van der Waals surface area contributed by atoms with Gasteiger partial charge in [-0.1, -0.05) is 0 Å². The van der Waals surface area contributed by atoms with Crippen LogP contribution in [0.15, 0.2) is 45.6 Å². The van der Waals surface area contributed by atoms with Crippen molar-refractivity contribution in [2.75, 3.05) is 17.6 Å². The number of nitrogens with zero attached hydrogens (tertiary/aromatic N) is 5. The minimum absolute atomic E-state index is 0.0595. The first-order chi connectivity index (χ1) is 17.7. The lowest BCUT2D eigenvalue weighted by atomic mass is 9.98. The Morgan fingerprint density at radius 2 is 1.92 bits per heavy atom. The highest BCUT2D eigenvalue weighted by Crippen LogP contribution is 2.33. The molecule has 0 unspecified atom stereocenters. The van der Waals surface area contributed by atoms with Crippen LogP contribution < -0.4 is 16.8 Å². The lowest BCUT2D eigenvalue weighted by molar-refractivity contribution is -0.133. The van der Waals surface area contributed by atoms with Crippen molar-refractivity contribution >= 4 is 45.2 Å². The molecule has 4 N–H and O–H groups in total. The summed E-state index contributed by atoms with van der Waals surface area (Å²) < 4.78 is 6.99. The Morgan fingerprint density at radius 1 is 1.08 bits per heavy atom. The molecule has 0 saturated heterocycles. The zero-order valence-corrected chi connectivity index (χ0v) is 20.7. The summed E-state index contributed by atoms with van der Waals surface area (Å²) in [4.78, 5) is 28.8. The fourth-order valence-electron chi connectivity index (χ4n) is 4.93. The van der Waals surface area contributed by atoms with Gasteiger partial charge >= 0.3 is 5.76 Å². The predicted octanol–water partition coefficient (Wildman–Crippen LogP) is 3.36. The van der Waals surface area contributed by atoms with Crippen molar-refractivity contribution < 1.29 is 9.21 Å². The standard InChI is InChI=1S/C26H26N8O3/c1-13(2)33-5-4-17-10-23(32-34(17)12-24(33)35)29-22-9-16-7-15(8-19(27)25(16)31-30-22)18-11-21-20(6-14(18)3)28-26(36)37-21/h6-11,13H,4-5,12,27H2,1-3H3,(H,28,36)(H,29,30,32). The van der Waals surface area contributed by atoms with Gasteiger partial charge in [0.2, 0.25) is 5.91 Å². The molecular weight excluding hydrogens is 472 g/mol. The largest absolute Gasteiger partial charge is 0.417 e. The molecule has 0 fully saturated rings. The number of carbonyl (C=O) groups is 1. The van der Waals surface area contributed by atoms with E-state index in [1.807, 2.05) is 62.1 Å². The number of aromatic amines is 1. The summed E-state index contributed by atoms with van der Waals surface area (Å²) in [6.07, 6.45) is 0.729. The summed E-state index contributed by atoms with van der Waals surface area (Å²) in [5.41, 5.74) is 12.3. The Labute approximate surface area is 211 Å². The van der Waals surface area contributed by atoms with E-state index in [0.29, 0.717) is 40.5 Å². The number of nitrogens with one attached hydrogen (secondary N) is 2. The number of fused-ring (bicyclic) bond motifs is 3. The monoisotopic (exact) mass is 498 g/mol. The minimum Gasteiger partial charge on any atom is -0.408 e. The summed E-state index contributed by atoms with van der Waals surface area (Å²) >= 11 is 0. The molecule has 188 valence electrons. The number of hydrogen-bond donors (Lipinski definition) is 3. The molecule has 4 heterocycles. The number of amides is 1. The molecule has 11 nitrogen and oxygen atoms in total. The van der Waals surface area contributed by atoms with Gasteiger partial charge in [0.25, 0.3) is 0 Å². The number of hydrogen-bond acceptors (Lipinski definition) is 8. The molecule has 37 heavy (non-hydrogen) atoms. The van der Waals surface area contributed by atoms with Gasteiger partial charge in [-0.05, 0) is 67.8 Å². The number of benzene rings is 2. The maximum atomic E-state index is 12.6. The average molecular weight is 499 g/mol. The molecular formula is C26H26N8O3. The number of aryl methyl sites for hydroxylation is 1. The van der Waals surface area contributed by atoms with Crippen LogP contribution in [-0.2, 0) is 17.8 Å². The van der Waals surface area contributed by atoms with E-state index in [1.54, 1.807) is 4.68 Å². The molecule has 11 heteroatoms. The van der Waals surface area contributed by atoms with Crippen LogP contribution in [-0.4, -0.2) is 48.4 Å². The fraction of sp³-hybridized carbons (Fsp3) is 0.269. The van der Waals surface area contributed by atoms with Crippen molar-refractivity contribution in [2.45, 2.75) is 39.8 Å². The number of rotatable bonds is 4. The van der Waals surface area contributed by atoms with Crippen LogP contribution in [0, 0.1) is 6.92 Å². The van der Waals surface area contributed by atoms with Gasteiger partial charge in [-0.25, -0.2) is 4.79 Å². The van der Waals surface area contributed by atoms with Crippen LogP contribution in [0.2, 0.25) is 0 Å². The minimum atomic E-state index is -0.492. The van der Waals surface area contributed by atoms with Crippen molar-refractivity contribution in [1.82, 2.24) is 29.9 Å². The lowest BCUT2D eigenvalue weighted by Gasteiger charge is -2.24. The molecule has 5 aromatic rings. The normalized spacial score (nSPS) is 13.9. The summed E-state index contributed by atoms with van der Waals surface area (Å²) in [6.45, 7) is 6.88. The van der Waals surface area contributed by atoms with E-state index in [1.165, 1.54) is 0 Å². The molecule has 0 spiro atoms. The van der Waals surface area contributed by atoms with Gasteiger partial charge < -0.3 is 20.4 Å². The summed E-state index contributed by atoms with van der Waals surface area (Å²) in [6, 6.07) is 11.5. The van der Waals surface area contributed by atoms with Crippen molar-refractivity contribution in [3.63, 3.8) is 0 Å². The number of nitrogen functional groups attached to an aromatic ring is 1. The van der Waals surface area contributed by atoms with E-state index >= 15 is 0 Å². The number of carbonyl (C=O) groups excluding carboxylic acids is 1. The number of anilines is 3. The summed E-state index contributed by atoms with van der Waals surface area (Å²) in [5.74, 6) is 0.677. The molecule has 1 amide bonds. The van der Waals surface area contributed by atoms with E-state index in [-0.39, 0.29) is 18.5 Å². The van der Waals surface area contributed by atoms with Gasteiger partial charge in [0.15, 0.2) is 17.2 Å². The smallest absolute Gasteiger partial charge is 0.408 e. The zero-order chi connectivity index (χ0) is 25.8. The van der Waals surface area contributed by atoms with E-state index in [0.717, 1.165) is 34.2 Å².